The van der Waals surface area contributed by atoms with Crippen LogP contribution in [0.1, 0.15) is 88.7 Å². The van der Waals surface area contributed by atoms with Crippen LogP contribution in [-0.2, 0) is 5.41 Å². The second-order valence-electron chi connectivity index (χ2n) is 9.19. The van der Waals surface area contributed by atoms with Crippen molar-refractivity contribution in [3.63, 3.8) is 0 Å². The molecule has 2 aromatic carbocycles. The van der Waals surface area contributed by atoms with Crippen LogP contribution >= 0.6 is 0 Å². The second-order valence-corrected chi connectivity index (χ2v) is 9.19. The Kier molecular flexibility index (Phi) is 10.5. The summed E-state index contributed by atoms with van der Waals surface area (Å²) in [5.41, 5.74) is 2.49. The number of carbonyl (C=O) groups is 1. The highest BCUT2D eigenvalue weighted by atomic mass is 16.5. The van der Waals surface area contributed by atoms with Crippen LogP contribution in [0.5, 0.6) is 17.2 Å². The lowest BCUT2D eigenvalue weighted by atomic mass is 9.82. The first-order valence-electron chi connectivity index (χ1n) is 12.2. The van der Waals surface area contributed by atoms with Crippen molar-refractivity contribution in [1.82, 2.24) is 0 Å². The maximum absolute atomic E-state index is 12.8. The normalized spacial score (nSPS) is 11.6. The summed E-state index contributed by atoms with van der Waals surface area (Å²) in [5, 5.41) is 0. The highest BCUT2D eigenvalue weighted by Gasteiger charge is 2.24. The lowest BCUT2D eigenvalue weighted by Gasteiger charge is -2.26. The van der Waals surface area contributed by atoms with E-state index in [1.54, 1.807) is 18.2 Å². The van der Waals surface area contributed by atoms with Crippen molar-refractivity contribution in [2.24, 2.45) is 0 Å². The van der Waals surface area contributed by atoms with Gasteiger partial charge in [0.25, 0.3) is 0 Å². The molecule has 4 heteroatoms. The van der Waals surface area contributed by atoms with Gasteiger partial charge in [-0.05, 0) is 67.2 Å². The van der Waals surface area contributed by atoms with Gasteiger partial charge >= 0.3 is 0 Å². The van der Waals surface area contributed by atoms with Crippen molar-refractivity contribution in [1.29, 1.82) is 0 Å². The van der Waals surface area contributed by atoms with Crippen LogP contribution in [0.15, 0.2) is 42.5 Å². The summed E-state index contributed by atoms with van der Waals surface area (Å²) in [7, 11) is 0. The molecule has 4 nitrogen and oxygen atoms in total. The van der Waals surface area contributed by atoms with Gasteiger partial charge in [-0.15, -0.1) is 0 Å². The number of rotatable bonds is 13. The molecule has 180 valence electrons. The average molecular weight is 453 g/mol. The first-order valence-corrected chi connectivity index (χ1v) is 12.2. The van der Waals surface area contributed by atoms with Gasteiger partial charge in [-0.25, -0.2) is 0 Å². The monoisotopic (exact) mass is 452 g/mol. The highest BCUT2D eigenvalue weighted by molar-refractivity contribution is 6.07. The van der Waals surface area contributed by atoms with Crippen molar-refractivity contribution >= 4 is 11.9 Å². The van der Waals surface area contributed by atoms with Crippen LogP contribution in [0.25, 0.3) is 6.08 Å². The molecule has 33 heavy (non-hydrogen) atoms. The lowest BCUT2D eigenvalue weighted by Crippen LogP contribution is -2.16. The average Bonchev–Trinajstić information content (AvgIpc) is 2.77. The summed E-state index contributed by atoms with van der Waals surface area (Å²) in [5.74, 6) is 2.32. The highest BCUT2D eigenvalue weighted by Crippen LogP contribution is 2.39. The van der Waals surface area contributed by atoms with E-state index in [2.05, 4.69) is 34.6 Å². The predicted octanol–water partition coefficient (Wildman–Crippen LogP) is 7.64. The van der Waals surface area contributed by atoms with E-state index < -0.39 is 0 Å². The third kappa shape index (κ3) is 8.27. The van der Waals surface area contributed by atoms with E-state index in [1.165, 1.54) is 0 Å². The largest absolute Gasteiger partial charge is 0.494 e. The summed E-state index contributed by atoms with van der Waals surface area (Å²) in [4.78, 5) is 12.8. The molecular formula is C29H40O4. The van der Waals surface area contributed by atoms with E-state index >= 15 is 0 Å². The number of ether oxygens (including phenoxy) is 3. The molecule has 0 aliphatic rings. The molecule has 0 N–H and O–H groups in total. The van der Waals surface area contributed by atoms with E-state index in [4.69, 9.17) is 14.2 Å². The zero-order valence-electron chi connectivity index (χ0n) is 21.2. The van der Waals surface area contributed by atoms with Gasteiger partial charge < -0.3 is 14.2 Å². The Morgan fingerprint density at radius 1 is 0.848 bits per heavy atom. The Balaban J connectivity index is 2.40. The zero-order chi connectivity index (χ0) is 24.3. The SMILES string of the molecule is CCCCOc1cc(C=CC(=O)c2ccc(OCC)cc2)c(C(C)(C)C)c(OCCCC)c1. The maximum Gasteiger partial charge on any atom is 0.185 e. The number of hydrogen-bond donors (Lipinski definition) is 0. The Morgan fingerprint density at radius 2 is 1.48 bits per heavy atom. The van der Waals surface area contributed by atoms with Gasteiger partial charge in [0.1, 0.15) is 17.2 Å². The minimum atomic E-state index is -0.161. The second kappa shape index (κ2) is 13.1. The zero-order valence-corrected chi connectivity index (χ0v) is 21.2. The van der Waals surface area contributed by atoms with Gasteiger partial charge in [-0.1, -0.05) is 53.5 Å². The standard InChI is InChI=1S/C29H40O4/c1-7-10-18-32-25-20-23(28(29(4,5)6)27(21-25)33-19-11-8-2)14-17-26(30)22-12-15-24(16-13-22)31-9-3/h12-17,20-21H,7-11,18-19H2,1-6H3. The molecule has 2 rings (SSSR count). The van der Waals surface area contributed by atoms with E-state index in [1.807, 2.05) is 37.3 Å². The fourth-order valence-corrected chi connectivity index (χ4v) is 3.55. The molecule has 0 aliphatic carbocycles. The number of hydrogen-bond acceptors (Lipinski definition) is 4. The van der Waals surface area contributed by atoms with Crippen molar-refractivity contribution in [2.45, 2.75) is 72.6 Å². The summed E-state index contributed by atoms with van der Waals surface area (Å²) in [6.45, 7) is 14.6. The van der Waals surface area contributed by atoms with Crippen LogP contribution in [-0.4, -0.2) is 25.6 Å². The minimum absolute atomic E-state index is 0.0522. The quantitative estimate of drug-likeness (QED) is 0.178. The molecule has 0 atom stereocenters. The fourth-order valence-electron chi connectivity index (χ4n) is 3.55. The van der Waals surface area contributed by atoms with E-state index in [0.717, 1.165) is 54.1 Å². The van der Waals surface area contributed by atoms with Gasteiger partial charge in [0, 0.05) is 17.2 Å². The number of benzene rings is 2. The number of unbranched alkanes of at least 4 members (excludes halogenated alkanes) is 2. The van der Waals surface area contributed by atoms with E-state index in [0.29, 0.717) is 25.4 Å². The molecule has 0 amide bonds. The Hall–Kier alpha value is -2.75. The molecule has 0 heterocycles. The van der Waals surface area contributed by atoms with Crippen LogP contribution in [0.3, 0.4) is 0 Å². The molecule has 0 saturated heterocycles. The van der Waals surface area contributed by atoms with Gasteiger partial charge in [-0.3, -0.25) is 4.79 Å². The van der Waals surface area contributed by atoms with Crippen molar-refractivity contribution < 1.29 is 19.0 Å². The van der Waals surface area contributed by atoms with Crippen LogP contribution < -0.4 is 14.2 Å². The van der Waals surface area contributed by atoms with Gasteiger partial charge in [-0.2, -0.15) is 0 Å². The van der Waals surface area contributed by atoms with Crippen molar-refractivity contribution in [3.8, 4) is 17.2 Å². The molecule has 0 saturated carbocycles. The molecule has 0 unspecified atom stereocenters. The maximum atomic E-state index is 12.8. The first-order chi connectivity index (χ1) is 15.8. The lowest BCUT2D eigenvalue weighted by molar-refractivity contribution is 0.104. The van der Waals surface area contributed by atoms with Crippen LogP contribution in [0.2, 0.25) is 0 Å². The summed E-state index contributed by atoms with van der Waals surface area (Å²) in [6, 6.07) is 11.3. The number of allylic oxidation sites excluding steroid dienone is 1. The van der Waals surface area contributed by atoms with E-state index in [9.17, 15) is 4.79 Å². The topological polar surface area (TPSA) is 44.8 Å². The van der Waals surface area contributed by atoms with Crippen molar-refractivity contribution in [2.75, 3.05) is 19.8 Å². The molecule has 0 radical (unpaired) electrons. The first kappa shape index (κ1) is 26.5. The number of ketones is 1. The smallest absolute Gasteiger partial charge is 0.185 e. The van der Waals surface area contributed by atoms with Gasteiger partial charge in [0.15, 0.2) is 5.78 Å². The Morgan fingerprint density at radius 3 is 2.06 bits per heavy atom. The molecule has 0 fully saturated rings. The molecule has 0 bridgehead atoms. The predicted molar refractivity (Wildman–Crippen MR) is 137 cm³/mol. The Labute approximate surface area is 200 Å². The van der Waals surface area contributed by atoms with E-state index in [-0.39, 0.29) is 11.2 Å². The molecular weight excluding hydrogens is 412 g/mol. The fraction of sp³-hybridized carbons (Fsp3) is 0.483. The third-order valence-electron chi connectivity index (χ3n) is 5.24. The van der Waals surface area contributed by atoms with Gasteiger partial charge in [0.05, 0.1) is 19.8 Å². The van der Waals surface area contributed by atoms with Crippen molar-refractivity contribution in [3.05, 3.63) is 59.2 Å². The Bertz CT molecular complexity index is 904. The summed E-state index contributed by atoms with van der Waals surface area (Å²) >= 11 is 0. The molecule has 0 aliphatic heterocycles. The van der Waals surface area contributed by atoms with Gasteiger partial charge in [0.2, 0.25) is 0 Å². The number of carbonyl (C=O) groups excluding carboxylic acids is 1. The summed E-state index contributed by atoms with van der Waals surface area (Å²) in [6.07, 6.45) is 7.65. The summed E-state index contributed by atoms with van der Waals surface area (Å²) < 4.78 is 17.7. The molecule has 0 aromatic heterocycles. The van der Waals surface area contributed by atoms with Crippen LogP contribution in [0.4, 0.5) is 0 Å². The minimum Gasteiger partial charge on any atom is -0.494 e. The van der Waals surface area contributed by atoms with Crippen LogP contribution in [0, 0.1) is 0 Å². The third-order valence-corrected chi connectivity index (χ3v) is 5.24. The molecule has 0 spiro atoms. The molecule has 2 aromatic rings.